The van der Waals surface area contributed by atoms with Gasteiger partial charge in [0, 0.05) is 30.2 Å². The average molecular weight is 297 g/mol. The van der Waals surface area contributed by atoms with Crippen LogP contribution >= 0.6 is 0 Å². The van der Waals surface area contributed by atoms with Crippen LogP contribution in [0.1, 0.15) is 34.7 Å². The molecule has 2 N–H and O–H groups in total. The first kappa shape index (κ1) is 14.0. The number of nitrogens with zero attached hydrogens (tertiary/aromatic N) is 3. The highest BCUT2D eigenvalue weighted by atomic mass is 16.1. The summed E-state index contributed by atoms with van der Waals surface area (Å²) in [5.41, 5.74) is 2.14. The summed E-state index contributed by atoms with van der Waals surface area (Å²) in [4.78, 5) is 32.5. The van der Waals surface area contributed by atoms with E-state index >= 15 is 0 Å². The number of nitrogens with one attached hydrogen (secondary N) is 2. The number of carbonyl (C=O) groups excluding carboxylic acids is 1. The summed E-state index contributed by atoms with van der Waals surface area (Å²) in [6.07, 6.45) is 3.09. The van der Waals surface area contributed by atoms with Crippen LogP contribution in [0.4, 0.5) is 0 Å². The van der Waals surface area contributed by atoms with Crippen LogP contribution in [0.15, 0.2) is 41.5 Å². The van der Waals surface area contributed by atoms with Gasteiger partial charge in [0.1, 0.15) is 0 Å². The number of H-pyrrole nitrogens is 1. The fourth-order valence-electron chi connectivity index (χ4n) is 2.20. The third-order valence-corrected chi connectivity index (χ3v) is 3.31. The molecule has 0 saturated heterocycles. The van der Waals surface area contributed by atoms with E-state index in [4.69, 9.17) is 0 Å². The van der Waals surface area contributed by atoms with Crippen LogP contribution in [-0.2, 0) is 0 Å². The van der Waals surface area contributed by atoms with Crippen molar-refractivity contribution in [2.75, 3.05) is 0 Å². The number of fused-ring (bicyclic) bond motifs is 1. The van der Waals surface area contributed by atoms with Crippen molar-refractivity contribution in [1.29, 1.82) is 0 Å². The van der Waals surface area contributed by atoms with Gasteiger partial charge < -0.3 is 5.32 Å². The number of amides is 1. The van der Waals surface area contributed by atoms with Crippen LogP contribution in [0, 0.1) is 6.92 Å². The molecule has 0 aliphatic heterocycles. The first-order valence-corrected chi connectivity index (χ1v) is 6.85. The third-order valence-electron chi connectivity index (χ3n) is 3.31. The molecule has 7 nitrogen and oxygen atoms in total. The topological polar surface area (TPSA) is 92.2 Å². The van der Waals surface area contributed by atoms with Gasteiger partial charge in [0.15, 0.2) is 5.65 Å². The van der Waals surface area contributed by atoms with E-state index in [2.05, 4.69) is 20.4 Å². The molecule has 0 aliphatic rings. The second-order valence-corrected chi connectivity index (χ2v) is 5.09. The lowest BCUT2D eigenvalue weighted by molar-refractivity contribution is 0.0938. The number of carbonyl (C=O) groups is 1. The van der Waals surface area contributed by atoms with Crippen LogP contribution in [0.5, 0.6) is 0 Å². The van der Waals surface area contributed by atoms with Crippen molar-refractivity contribution in [3.05, 3.63) is 64.0 Å². The fourth-order valence-corrected chi connectivity index (χ4v) is 2.20. The molecule has 0 unspecified atom stereocenters. The van der Waals surface area contributed by atoms with Gasteiger partial charge in [0.05, 0.1) is 17.3 Å². The number of rotatable bonds is 3. The van der Waals surface area contributed by atoms with Gasteiger partial charge in [-0.1, -0.05) is 0 Å². The molecule has 0 aromatic carbocycles. The molecule has 112 valence electrons. The Labute approximate surface area is 126 Å². The summed E-state index contributed by atoms with van der Waals surface area (Å²) in [5.74, 6) is -0.257. The lowest BCUT2D eigenvalue weighted by Gasteiger charge is -2.13. The molecule has 1 amide bonds. The van der Waals surface area contributed by atoms with Crippen LogP contribution in [0.3, 0.4) is 0 Å². The van der Waals surface area contributed by atoms with E-state index < -0.39 is 0 Å². The van der Waals surface area contributed by atoms with Gasteiger partial charge in [-0.2, -0.15) is 0 Å². The number of hydrogen-bond acceptors (Lipinski definition) is 4. The molecule has 0 saturated carbocycles. The van der Waals surface area contributed by atoms with Crippen LogP contribution < -0.4 is 10.9 Å². The van der Waals surface area contributed by atoms with E-state index in [1.807, 2.05) is 6.92 Å². The molecule has 3 aromatic rings. The number of aromatic nitrogens is 4. The van der Waals surface area contributed by atoms with Gasteiger partial charge in [-0.15, -0.1) is 0 Å². The van der Waals surface area contributed by atoms with Gasteiger partial charge in [-0.25, -0.2) is 9.50 Å². The SMILES string of the molecule is Cc1cc2nc([C@H](C)NC(=O)c3cccnc3)cc(=O)n2[nH]1. The van der Waals surface area contributed by atoms with Crippen molar-refractivity contribution in [1.82, 2.24) is 24.9 Å². The molecular weight excluding hydrogens is 282 g/mol. The smallest absolute Gasteiger partial charge is 0.272 e. The van der Waals surface area contributed by atoms with E-state index in [9.17, 15) is 9.59 Å². The molecule has 3 aromatic heterocycles. The molecule has 0 radical (unpaired) electrons. The summed E-state index contributed by atoms with van der Waals surface area (Å²) in [7, 11) is 0. The predicted octanol–water partition coefficient (Wildman–Crippen LogP) is 1.22. The zero-order chi connectivity index (χ0) is 15.7. The summed E-state index contributed by atoms with van der Waals surface area (Å²) >= 11 is 0. The van der Waals surface area contributed by atoms with Gasteiger partial charge in [-0.3, -0.25) is 19.7 Å². The monoisotopic (exact) mass is 297 g/mol. The first-order chi connectivity index (χ1) is 10.5. The Hall–Kier alpha value is -2.96. The van der Waals surface area contributed by atoms with E-state index in [0.29, 0.717) is 16.9 Å². The Kier molecular flexibility index (Phi) is 3.46. The molecule has 0 bridgehead atoms. The van der Waals surface area contributed by atoms with Crippen LogP contribution in [0.25, 0.3) is 5.65 Å². The molecule has 3 heterocycles. The van der Waals surface area contributed by atoms with E-state index in [1.54, 1.807) is 31.3 Å². The molecular formula is C15H15N5O2. The van der Waals surface area contributed by atoms with Gasteiger partial charge in [0.2, 0.25) is 0 Å². The molecule has 22 heavy (non-hydrogen) atoms. The van der Waals surface area contributed by atoms with Crippen molar-refractivity contribution in [3.63, 3.8) is 0 Å². The summed E-state index contributed by atoms with van der Waals surface area (Å²) < 4.78 is 1.37. The number of aromatic amines is 1. The molecule has 0 aliphatic carbocycles. The standard InChI is InChI=1S/C15H15N5O2/c1-9-6-13-18-12(7-14(21)20(13)19-9)10(2)17-15(22)11-4-3-5-16-8-11/h3-8,10,19H,1-2H3,(H,17,22)/t10-/m0/s1. The normalized spacial score (nSPS) is 12.3. The zero-order valence-electron chi connectivity index (χ0n) is 12.2. The Morgan fingerprint density at radius 1 is 1.41 bits per heavy atom. The fraction of sp³-hybridized carbons (Fsp3) is 0.200. The molecule has 7 heteroatoms. The largest absolute Gasteiger partial charge is 0.344 e. The summed E-state index contributed by atoms with van der Waals surface area (Å²) in [5, 5.41) is 5.72. The van der Waals surface area contributed by atoms with Crippen molar-refractivity contribution in [2.24, 2.45) is 0 Å². The van der Waals surface area contributed by atoms with E-state index in [1.165, 1.54) is 16.8 Å². The molecule has 1 atom stereocenters. The molecule has 3 rings (SSSR count). The second-order valence-electron chi connectivity index (χ2n) is 5.09. The van der Waals surface area contributed by atoms with Crippen molar-refractivity contribution >= 4 is 11.6 Å². The van der Waals surface area contributed by atoms with Crippen molar-refractivity contribution in [3.8, 4) is 0 Å². The Bertz CT molecular complexity index is 882. The third kappa shape index (κ3) is 2.60. The Morgan fingerprint density at radius 3 is 2.95 bits per heavy atom. The molecule has 0 fully saturated rings. The summed E-state index contributed by atoms with van der Waals surface area (Å²) in [6, 6.07) is 6.17. The minimum absolute atomic E-state index is 0.212. The van der Waals surface area contributed by atoms with Crippen molar-refractivity contribution in [2.45, 2.75) is 19.9 Å². The van der Waals surface area contributed by atoms with Gasteiger partial charge in [-0.05, 0) is 26.0 Å². The molecule has 0 spiro atoms. The summed E-state index contributed by atoms with van der Waals surface area (Å²) in [6.45, 7) is 3.63. The maximum absolute atomic E-state index is 12.1. The first-order valence-electron chi connectivity index (χ1n) is 6.85. The van der Waals surface area contributed by atoms with Gasteiger partial charge in [0.25, 0.3) is 11.5 Å². The maximum atomic E-state index is 12.1. The van der Waals surface area contributed by atoms with Crippen LogP contribution in [-0.4, -0.2) is 25.5 Å². The average Bonchev–Trinajstić information content (AvgIpc) is 2.89. The minimum atomic E-state index is -0.388. The number of hydrogen-bond donors (Lipinski definition) is 2. The predicted molar refractivity (Wildman–Crippen MR) is 80.7 cm³/mol. The highest BCUT2D eigenvalue weighted by Gasteiger charge is 2.14. The van der Waals surface area contributed by atoms with Crippen LogP contribution in [0.2, 0.25) is 0 Å². The Balaban J connectivity index is 1.87. The quantitative estimate of drug-likeness (QED) is 0.760. The number of aryl methyl sites for hydroxylation is 1. The minimum Gasteiger partial charge on any atom is -0.344 e. The maximum Gasteiger partial charge on any atom is 0.272 e. The highest BCUT2D eigenvalue weighted by Crippen LogP contribution is 2.10. The van der Waals surface area contributed by atoms with E-state index in [0.717, 1.165) is 5.69 Å². The lowest BCUT2D eigenvalue weighted by atomic mass is 10.2. The zero-order valence-corrected chi connectivity index (χ0v) is 12.2. The number of pyridine rings is 1. The Morgan fingerprint density at radius 2 is 2.23 bits per heavy atom. The van der Waals surface area contributed by atoms with E-state index in [-0.39, 0.29) is 17.5 Å². The van der Waals surface area contributed by atoms with Crippen molar-refractivity contribution < 1.29 is 4.79 Å². The van der Waals surface area contributed by atoms with Gasteiger partial charge >= 0.3 is 0 Å². The second kappa shape index (κ2) is 5.44. The lowest BCUT2D eigenvalue weighted by Crippen LogP contribution is -2.29. The highest BCUT2D eigenvalue weighted by molar-refractivity contribution is 5.94.